The molecule has 4 nitrogen and oxygen atoms in total. The quantitative estimate of drug-likeness (QED) is 0.547. The number of hydrogen-bond donors (Lipinski definition) is 1. The number of rotatable bonds is 9. The number of esters is 1. The number of unbranched alkanes of at least 4 members (excludes halogenated alkanes) is 1. The zero-order valence-corrected chi connectivity index (χ0v) is 11.5. The molecular formula is C15H23NO3. The summed E-state index contributed by atoms with van der Waals surface area (Å²) in [6.07, 6.45) is 2.62. The van der Waals surface area contributed by atoms with Crippen LogP contribution in [-0.2, 0) is 20.7 Å². The zero-order chi connectivity index (χ0) is 13.9. The Hall–Kier alpha value is -1.39. The maximum atomic E-state index is 11.6. The van der Waals surface area contributed by atoms with E-state index in [1.165, 1.54) is 0 Å². The second kappa shape index (κ2) is 9.53. The van der Waals surface area contributed by atoms with Gasteiger partial charge in [0, 0.05) is 6.61 Å². The third kappa shape index (κ3) is 6.94. The smallest absolute Gasteiger partial charge is 0.323 e. The summed E-state index contributed by atoms with van der Waals surface area (Å²) < 4.78 is 10.4. The highest BCUT2D eigenvalue weighted by Gasteiger charge is 2.15. The van der Waals surface area contributed by atoms with Crippen LogP contribution in [0.4, 0.5) is 0 Å². The highest BCUT2D eigenvalue weighted by molar-refractivity contribution is 5.75. The fourth-order valence-corrected chi connectivity index (χ4v) is 1.61. The van der Waals surface area contributed by atoms with Crippen LogP contribution in [0.25, 0.3) is 0 Å². The molecular weight excluding hydrogens is 242 g/mol. The Kier molecular flexibility index (Phi) is 7.86. The fourth-order valence-electron chi connectivity index (χ4n) is 1.61. The molecule has 0 aliphatic heterocycles. The van der Waals surface area contributed by atoms with E-state index in [4.69, 9.17) is 15.2 Å². The van der Waals surface area contributed by atoms with Crippen LogP contribution >= 0.6 is 0 Å². The Bertz CT molecular complexity index is 354. The number of hydrogen-bond acceptors (Lipinski definition) is 4. The van der Waals surface area contributed by atoms with Gasteiger partial charge in [0.05, 0.1) is 6.61 Å². The molecule has 4 heteroatoms. The van der Waals surface area contributed by atoms with Gasteiger partial charge in [0.1, 0.15) is 12.6 Å². The van der Waals surface area contributed by atoms with E-state index >= 15 is 0 Å². The van der Waals surface area contributed by atoms with E-state index in [0.717, 1.165) is 18.4 Å². The van der Waals surface area contributed by atoms with Crippen molar-refractivity contribution in [2.24, 2.45) is 5.73 Å². The first kappa shape index (κ1) is 15.7. The molecule has 1 aromatic carbocycles. The number of carbonyl (C=O) groups is 1. The van der Waals surface area contributed by atoms with E-state index < -0.39 is 6.04 Å². The molecule has 0 saturated carbocycles. The number of ether oxygens (including phenoxy) is 2. The molecule has 19 heavy (non-hydrogen) atoms. The first-order valence-electron chi connectivity index (χ1n) is 6.78. The van der Waals surface area contributed by atoms with Crippen LogP contribution < -0.4 is 5.73 Å². The van der Waals surface area contributed by atoms with Crippen molar-refractivity contribution in [3.05, 3.63) is 35.9 Å². The SMILES string of the molecule is CCCCOCCOC(=O)C(N)Cc1ccccc1. The van der Waals surface area contributed by atoms with Crippen LogP contribution in [0.15, 0.2) is 30.3 Å². The summed E-state index contributed by atoms with van der Waals surface area (Å²) in [5.74, 6) is -0.372. The van der Waals surface area contributed by atoms with Crippen LogP contribution in [0.2, 0.25) is 0 Å². The molecule has 0 heterocycles. The van der Waals surface area contributed by atoms with Crippen LogP contribution in [0.3, 0.4) is 0 Å². The summed E-state index contributed by atoms with van der Waals surface area (Å²) in [5.41, 5.74) is 6.83. The lowest BCUT2D eigenvalue weighted by Crippen LogP contribution is -2.35. The number of nitrogens with two attached hydrogens (primary N) is 1. The summed E-state index contributed by atoms with van der Waals surface area (Å²) in [5, 5.41) is 0. The van der Waals surface area contributed by atoms with E-state index in [0.29, 0.717) is 19.6 Å². The van der Waals surface area contributed by atoms with Gasteiger partial charge in [-0.2, -0.15) is 0 Å². The average Bonchev–Trinajstić information content (AvgIpc) is 2.43. The van der Waals surface area contributed by atoms with E-state index in [-0.39, 0.29) is 12.6 Å². The molecule has 0 aliphatic carbocycles. The molecule has 1 atom stereocenters. The molecule has 2 N–H and O–H groups in total. The molecule has 1 rings (SSSR count). The van der Waals surface area contributed by atoms with Gasteiger partial charge >= 0.3 is 5.97 Å². The van der Waals surface area contributed by atoms with Crippen molar-refractivity contribution in [1.82, 2.24) is 0 Å². The minimum Gasteiger partial charge on any atom is -0.462 e. The van der Waals surface area contributed by atoms with Crippen molar-refractivity contribution in [3.63, 3.8) is 0 Å². The predicted molar refractivity (Wildman–Crippen MR) is 74.8 cm³/mol. The largest absolute Gasteiger partial charge is 0.462 e. The lowest BCUT2D eigenvalue weighted by atomic mass is 10.1. The Morgan fingerprint density at radius 1 is 1.21 bits per heavy atom. The van der Waals surface area contributed by atoms with Crippen LogP contribution in [0.1, 0.15) is 25.3 Å². The van der Waals surface area contributed by atoms with Crippen LogP contribution in [0.5, 0.6) is 0 Å². The predicted octanol–water partition coefficient (Wildman–Crippen LogP) is 1.92. The van der Waals surface area contributed by atoms with Gasteiger partial charge in [-0.1, -0.05) is 43.7 Å². The summed E-state index contributed by atoms with van der Waals surface area (Å²) >= 11 is 0. The highest BCUT2D eigenvalue weighted by atomic mass is 16.6. The van der Waals surface area contributed by atoms with E-state index in [9.17, 15) is 4.79 Å². The molecule has 1 aromatic rings. The standard InChI is InChI=1S/C15H23NO3/c1-2-3-9-18-10-11-19-15(17)14(16)12-13-7-5-4-6-8-13/h4-8,14H,2-3,9-12,16H2,1H3. The number of carbonyl (C=O) groups excluding carboxylic acids is 1. The van der Waals surface area contributed by atoms with Crippen molar-refractivity contribution >= 4 is 5.97 Å². The van der Waals surface area contributed by atoms with Gasteiger partial charge in [0.25, 0.3) is 0 Å². The maximum absolute atomic E-state index is 11.6. The molecule has 106 valence electrons. The second-order valence-corrected chi connectivity index (χ2v) is 4.43. The number of benzene rings is 1. The third-order valence-corrected chi connectivity index (χ3v) is 2.72. The molecule has 0 amide bonds. The fraction of sp³-hybridized carbons (Fsp3) is 0.533. The molecule has 0 aliphatic rings. The van der Waals surface area contributed by atoms with Gasteiger partial charge in [-0.25, -0.2) is 0 Å². The Balaban J connectivity index is 2.15. The molecule has 0 fully saturated rings. The van der Waals surface area contributed by atoms with Crippen molar-refractivity contribution in [3.8, 4) is 0 Å². The van der Waals surface area contributed by atoms with Gasteiger partial charge in [0.2, 0.25) is 0 Å². The van der Waals surface area contributed by atoms with Crippen molar-refractivity contribution in [1.29, 1.82) is 0 Å². The Labute approximate surface area is 114 Å². The lowest BCUT2D eigenvalue weighted by Gasteiger charge is -2.11. The summed E-state index contributed by atoms with van der Waals surface area (Å²) in [6.45, 7) is 3.52. The minimum atomic E-state index is -0.613. The maximum Gasteiger partial charge on any atom is 0.323 e. The van der Waals surface area contributed by atoms with Crippen LogP contribution in [0, 0.1) is 0 Å². The first-order valence-corrected chi connectivity index (χ1v) is 6.78. The van der Waals surface area contributed by atoms with Gasteiger partial charge < -0.3 is 15.2 Å². The average molecular weight is 265 g/mol. The van der Waals surface area contributed by atoms with Crippen molar-refractivity contribution in [2.45, 2.75) is 32.2 Å². The Morgan fingerprint density at radius 3 is 2.63 bits per heavy atom. The van der Waals surface area contributed by atoms with Gasteiger partial charge in [-0.05, 0) is 18.4 Å². The molecule has 1 unspecified atom stereocenters. The van der Waals surface area contributed by atoms with E-state index in [1.807, 2.05) is 30.3 Å². The normalized spacial score (nSPS) is 12.1. The topological polar surface area (TPSA) is 61.5 Å². The van der Waals surface area contributed by atoms with E-state index in [2.05, 4.69) is 6.92 Å². The summed E-state index contributed by atoms with van der Waals surface area (Å²) in [4.78, 5) is 11.6. The van der Waals surface area contributed by atoms with E-state index in [1.54, 1.807) is 0 Å². The highest BCUT2D eigenvalue weighted by Crippen LogP contribution is 2.02. The molecule has 0 bridgehead atoms. The van der Waals surface area contributed by atoms with Gasteiger partial charge in [-0.15, -0.1) is 0 Å². The van der Waals surface area contributed by atoms with Gasteiger partial charge in [-0.3, -0.25) is 4.79 Å². The molecule has 0 saturated heterocycles. The molecule has 0 spiro atoms. The van der Waals surface area contributed by atoms with Crippen molar-refractivity contribution < 1.29 is 14.3 Å². The van der Waals surface area contributed by atoms with Crippen molar-refractivity contribution in [2.75, 3.05) is 19.8 Å². The monoisotopic (exact) mass is 265 g/mol. The summed E-state index contributed by atoms with van der Waals surface area (Å²) in [7, 11) is 0. The zero-order valence-electron chi connectivity index (χ0n) is 11.5. The Morgan fingerprint density at radius 2 is 1.95 bits per heavy atom. The summed E-state index contributed by atoms with van der Waals surface area (Å²) in [6, 6.07) is 9.06. The van der Waals surface area contributed by atoms with Crippen LogP contribution in [-0.4, -0.2) is 31.8 Å². The lowest BCUT2D eigenvalue weighted by molar-refractivity contribution is -0.146. The molecule has 0 aromatic heterocycles. The first-order chi connectivity index (χ1) is 9.24. The molecule has 0 radical (unpaired) electrons. The third-order valence-electron chi connectivity index (χ3n) is 2.72. The second-order valence-electron chi connectivity index (χ2n) is 4.43. The van der Waals surface area contributed by atoms with Gasteiger partial charge in [0.15, 0.2) is 0 Å². The minimum absolute atomic E-state index is 0.269.